The number of nitrogens with zero attached hydrogens (tertiary/aromatic N) is 1. The van der Waals surface area contributed by atoms with E-state index in [4.69, 9.17) is 13.9 Å². The van der Waals surface area contributed by atoms with Crippen LogP contribution in [0.25, 0.3) is 0 Å². The summed E-state index contributed by atoms with van der Waals surface area (Å²) in [6, 6.07) is 11.4. The number of nitrogens with one attached hydrogen (secondary N) is 1. The molecule has 11 heteroatoms. The van der Waals surface area contributed by atoms with Gasteiger partial charge in [0.15, 0.2) is 23.0 Å². The fourth-order valence-corrected chi connectivity index (χ4v) is 2.75. The van der Waals surface area contributed by atoms with Gasteiger partial charge >= 0.3 is 12.3 Å². The summed E-state index contributed by atoms with van der Waals surface area (Å²) in [7, 11) is 1.27. The molecule has 0 aliphatic carbocycles. The number of furan rings is 1. The summed E-state index contributed by atoms with van der Waals surface area (Å²) in [6.07, 6.45) is 0. The lowest BCUT2D eigenvalue weighted by molar-refractivity contribution is -0.386. The molecule has 2 aromatic carbocycles. The molecule has 1 aromatic heterocycles. The number of hydrogen-bond donors (Lipinski definition) is 1. The number of amides is 1. The Morgan fingerprint density at radius 1 is 1.12 bits per heavy atom. The Hall–Kier alpha value is -4.15. The molecule has 1 amide bonds. The molecule has 168 valence electrons. The third-order valence-electron chi connectivity index (χ3n) is 4.20. The first-order chi connectivity index (χ1) is 15.3. The van der Waals surface area contributed by atoms with Crippen molar-refractivity contribution in [3.63, 3.8) is 0 Å². The average Bonchev–Trinajstić information content (AvgIpc) is 3.22. The van der Waals surface area contributed by atoms with E-state index in [9.17, 15) is 23.7 Å². The van der Waals surface area contributed by atoms with Gasteiger partial charge in [0, 0.05) is 17.8 Å². The van der Waals surface area contributed by atoms with Crippen molar-refractivity contribution < 1.29 is 37.1 Å². The van der Waals surface area contributed by atoms with Gasteiger partial charge in [-0.25, -0.2) is 0 Å². The van der Waals surface area contributed by atoms with Gasteiger partial charge in [-0.05, 0) is 42.8 Å². The van der Waals surface area contributed by atoms with E-state index in [1.54, 1.807) is 13.0 Å². The van der Waals surface area contributed by atoms with Gasteiger partial charge in [0.25, 0.3) is 5.91 Å². The molecule has 3 aromatic rings. The van der Waals surface area contributed by atoms with Crippen LogP contribution in [-0.2, 0) is 6.61 Å². The Kier molecular flexibility index (Phi) is 6.88. The average molecular weight is 448 g/mol. The number of methoxy groups -OCH3 is 1. The number of nitro benzene ring substituents is 1. The normalized spacial score (nSPS) is 10.7. The molecule has 0 spiro atoms. The van der Waals surface area contributed by atoms with Crippen LogP contribution in [0.5, 0.6) is 17.2 Å². The number of nitro groups is 1. The zero-order valence-electron chi connectivity index (χ0n) is 17.0. The quantitative estimate of drug-likeness (QED) is 0.364. The predicted molar refractivity (Wildman–Crippen MR) is 108 cm³/mol. The van der Waals surface area contributed by atoms with Crippen molar-refractivity contribution in [2.75, 3.05) is 12.4 Å². The van der Waals surface area contributed by atoms with Crippen molar-refractivity contribution >= 4 is 17.3 Å². The Morgan fingerprint density at radius 3 is 2.56 bits per heavy atom. The number of hydrogen-bond acceptors (Lipinski definition) is 7. The van der Waals surface area contributed by atoms with Gasteiger partial charge in [0.2, 0.25) is 0 Å². The fraction of sp³-hybridized carbons (Fsp3) is 0.190. The third-order valence-corrected chi connectivity index (χ3v) is 4.20. The van der Waals surface area contributed by atoms with Gasteiger partial charge in [-0.2, -0.15) is 8.78 Å². The fourth-order valence-electron chi connectivity index (χ4n) is 2.75. The summed E-state index contributed by atoms with van der Waals surface area (Å²) in [5.41, 5.74) is 0.798. The van der Waals surface area contributed by atoms with E-state index in [0.29, 0.717) is 5.56 Å². The van der Waals surface area contributed by atoms with Crippen LogP contribution in [0.1, 0.15) is 21.9 Å². The summed E-state index contributed by atoms with van der Waals surface area (Å²) < 4.78 is 45.1. The molecule has 0 saturated carbocycles. The number of carbonyl (C=O) groups is 1. The van der Waals surface area contributed by atoms with Gasteiger partial charge in [-0.15, -0.1) is 0 Å². The largest absolute Gasteiger partial charge is 0.493 e. The first-order valence-corrected chi connectivity index (χ1v) is 9.17. The number of benzene rings is 2. The van der Waals surface area contributed by atoms with Crippen molar-refractivity contribution in [2.45, 2.75) is 20.1 Å². The summed E-state index contributed by atoms with van der Waals surface area (Å²) >= 11 is 0. The maximum absolute atomic E-state index is 12.4. The maximum Gasteiger partial charge on any atom is 0.387 e. The molecular weight excluding hydrogens is 430 g/mol. The minimum absolute atomic E-state index is 0.0105. The van der Waals surface area contributed by atoms with Crippen LogP contribution >= 0.6 is 0 Å². The van der Waals surface area contributed by atoms with Crippen LogP contribution in [0.3, 0.4) is 0 Å². The summed E-state index contributed by atoms with van der Waals surface area (Å²) in [5, 5.41) is 13.7. The van der Waals surface area contributed by atoms with Gasteiger partial charge in [-0.3, -0.25) is 14.9 Å². The third kappa shape index (κ3) is 5.50. The molecule has 0 aliphatic heterocycles. The first-order valence-electron chi connectivity index (χ1n) is 9.17. The Morgan fingerprint density at radius 2 is 1.88 bits per heavy atom. The summed E-state index contributed by atoms with van der Waals surface area (Å²) in [4.78, 5) is 23.0. The highest BCUT2D eigenvalue weighted by Crippen LogP contribution is 2.32. The zero-order valence-corrected chi connectivity index (χ0v) is 17.0. The highest BCUT2D eigenvalue weighted by Gasteiger charge is 2.18. The molecule has 0 radical (unpaired) electrons. The highest BCUT2D eigenvalue weighted by molar-refractivity contribution is 6.02. The number of alkyl halides is 2. The Balaban J connectivity index is 1.66. The number of carbonyl (C=O) groups excluding carboxylic acids is 1. The van der Waals surface area contributed by atoms with E-state index in [-0.39, 0.29) is 46.8 Å². The number of halogens is 2. The van der Waals surface area contributed by atoms with E-state index in [2.05, 4.69) is 10.1 Å². The second-order valence-corrected chi connectivity index (χ2v) is 6.48. The van der Waals surface area contributed by atoms with Gasteiger partial charge in [-0.1, -0.05) is 6.07 Å². The molecule has 0 fully saturated rings. The molecule has 32 heavy (non-hydrogen) atoms. The molecule has 0 unspecified atom stereocenters. The molecular formula is C21H18F2N2O7. The first kappa shape index (κ1) is 22.5. The van der Waals surface area contributed by atoms with Crippen molar-refractivity contribution in [2.24, 2.45) is 0 Å². The molecule has 0 saturated heterocycles. The topological polar surface area (TPSA) is 113 Å². The van der Waals surface area contributed by atoms with E-state index in [0.717, 1.165) is 0 Å². The van der Waals surface area contributed by atoms with Crippen LogP contribution in [0.15, 0.2) is 52.9 Å². The van der Waals surface area contributed by atoms with Crippen LogP contribution < -0.4 is 19.5 Å². The van der Waals surface area contributed by atoms with Gasteiger partial charge in [0.1, 0.15) is 12.4 Å². The molecule has 1 heterocycles. The summed E-state index contributed by atoms with van der Waals surface area (Å²) in [5.74, 6) is -0.486. The van der Waals surface area contributed by atoms with Crippen molar-refractivity contribution in [1.82, 2.24) is 0 Å². The minimum atomic E-state index is -3.02. The molecule has 0 atom stereocenters. The van der Waals surface area contributed by atoms with E-state index >= 15 is 0 Å². The lowest BCUT2D eigenvalue weighted by Crippen LogP contribution is -2.11. The molecule has 3 rings (SSSR count). The van der Waals surface area contributed by atoms with Crippen LogP contribution in [-0.4, -0.2) is 24.6 Å². The summed E-state index contributed by atoms with van der Waals surface area (Å²) in [6.45, 7) is -1.43. The molecule has 9 nitrogen and oxygen atoms in total. The number of rotatable bonds is 9. The minimum Gasteiger partial charge on any atom is -0.493 e. The second kappa shape index (κ2) is 9.77. The molecule has 1 N–H and O–H groups in total. The monoisotopic (exact) mass is 448 g/mol. The Labute approximate surface area is 180 Å². The highest BCUT2D eigenvalue weighted by atomic mass is 19.3. The van der Waals surface area contributed by atoms with Crippen LogP contribution in [0, 0.1) is 17.0 Å². The molecule has 0 bridgehead atoms. The van der Waals surface area contributed by atoms with E-state index in [1.807, 2.05) is 0 Å². The Bertz CT molecular complexity index is 1130. The van der Waals surface area contributed by atoms with Crippen molar-refractivity contribution in [1.29, 1.82) is 0 Å². The number of aryl methyl sites for hydroxylation is 1. The zero-order chi connectivity index (χ0) is 23.3. The van der Waals surface area contributed by atoms with Crippen molar-refractivity contribution in [3.8, 4) is 17.2 Å². The van der Waals surface area contributed by atoms with Crippen LogP contribution in [0.2, 0.25) is 0 Å². The second-order valence-electron chi connectivity index (χ2n) is 6.48. The van der Waals surface area contributed by atoms with Crippen LogP contribution in [0.4, 0.5) is 20.2 Å². The standard InChI is InChI=1S/C21H18F2N2O7/c1-12-3-6-16(15(9-12)25(27)28)30-11-14-5-8-18(31-14)20(26)24-13-4-7-17(32-21(22)23)19(10-13)29-2/h3-10,21H,11H2,1-2H3,(H,24,26). The van der Waals surface area contributed by atoms with Gasteiger partial charge < -0.3 is 23.9 Å². The number of ether oxygens (including phenoxy) is 3. The maximum atomic E-state index is 12.4. The lowest BCUT2D eigenvalue weighted by Gasteiger charge is -2.11. The van der Waals surface area contributed by atoms with E-state index in [1.165, 1.54) is 49.6 Å². The van der Waals surface area contributed by atoms with E-state index < -0.39 is 17.4 Å². The smallest absolute Gasteiger partial charge is 0.387 e. The van der Waals surface area contributed by atoms with Gasteiger partial charge in [0.05, 0.1) is 12.0 Å². The molecule has 0 aliphatic rings. The number of anilines is 1. The lowest BCUT2D eigenvalue weighted by atomic mass is 10.2. The predicted octanol–water partition coefficient (Wildman–Crippen LogP) is 4.94. The SMILES string of the molecule is COc1cc(NC(=O)c2ccc(COc3ccc(C)cc3[N+](=O)[O-])o2)ccc1OC(F)F. The van der Waals surface area contributed by atoms with Crippen molar-refractivity contribution in [3.05, 3.63) is 75.7 Å².